The van der Waals surface area contributed by atoms with Crippen LogP contribution in [-0.2, 0) is 16.1 Å². The van der Waals surface area contributed by atoms with Crippen molar-refractivity contribution in [3.63, 3.8) is 0 Å². The number of ketones is 1. The number of hydrogen-bond acceptors (Lipinski definition) is 7. The molecule has 2 heterocycles. The molecule has 10 heteroatoms. The van der Waals surface area contributed by atoms with E-state index in [0.717, 1.165) is 4.68 Å². The highest BCUT2D eigenvalue weighted by molar-refractivity contribution is 7.13. The van der Waals surface area contributed by atoms with E-state index in [1.807, 2.05) is 5.38 Å². The molecule has 0 bridgehead atoms. The molecule has 140 valence electrons. The van der Waals surface area contributed by atoms with Crippen LogP contribution in [0.3, 0.4) is 0 Å². The lowest BCUT2D eigenvalue weighted by molar-refractivity contribution is -0.142. The van der Waals surface area contributed by atoms with Crippen LogP contribution in [0.4, 0.5) is 0 Å². The van der Waals surface area contributed by atoms with Crippen molar-refractivity contribution in [1.82, 2.24) is 9.78 Å². The Kier molecular flexibility index (Phi) is 6.10. The van der Waals surface area contributed by atoms with E-state index in [1.165, 1.54) is 29.5 Å². The molecule has 3 aromatic rings. The van der Waals surface area contributed by atoms with Gasteiger partial charge >= 0.3 is 11.7 Å². The number of Topliss-reactive ketones (excluding diaryl/α,β-unsaturated/α-hetero) is 1. The maximum absolute atomic E-state index is 12.1. The zero-order chi connectivity index (χ0) is 19.4. The number of aromatic nitrogens is 2. The fourth-order valence-corrected chi connectivity index (χ4v) is 3.31. The predicted octanol–water partition coefficient (Wildman–Crippen LogP) is 3.69. The number of carbonyl (C=O) groups is 2. The molecule has 0 N–H and O–H groups in total. The zero-order valence-corrected chi connectivity index (χ0v) is 16.0. The van der Waals surface area contributed by atoms with Crippen molar-refractivity contribution in [1.29, 1.82) is 0 Å². The van der Waals surface area contributed by atoms with Gasteiger partial charge in [0.2, 0.25) is 5.78 Å². The van der Waals surface area contributed by atoms with Gasteiger partial charge in [-0.1, -0.05) is 29.3 Å². The first-order valence-electron chi connectivity index (χ1n) is 7.70. The van der Waals surface area contributed by atoms with Gasteiger partial charge in [-0.25, -0.2) is 4.79 Å². The maximum atomic E-state index is 12.1. The standard InChI is InChI=1S/C17H12Cl2N2O5S/c18-10-3-4-11(12(19)8-10)13(22)9-25-15(23)5-6-21-17(24)26-16(20-21)14-2-1-7-27-14/h1-4,7-8H,5-6,9H2. The smallest absolute Gasteiger partial charge is 0.437 e. The van der Waals surface area contributed by atoms with Crippen molar-refractivity contribution < 1.29 is 18.7 Å². The summed E-state index contributed by atoms with van der Waals surface area (Å²) in [5, 5.41) is 6.44. The molecule has 1 aromatic carbocycles. The molecule has 0 fully saturated rings. The van der Waals surface area contributed by atoms with Gasteiger partial charge in [-0.3, -0.25) is 9.59 Å². The van der Waals surface area contributed by atoms with E-state index in [1.54, 1.807) is 12.1 Å². The molecule has 27 heavy (non-hydrogen) atoms. The normalized spacial score (nSPS) is 10.7. The van der Waals surface area contributed by atoms with Crippen LogP contribution < -0.4 is 5.76 Å². The molecule has 0 unspecified atom stereocenters. The third-order valence-electron chi connectivity index (χ3n) is 3.46. The summed E-state index contributed by atoms with van der Waals surface area (Å²) in [6.07, 6.45) is -0.141. The van der Waals surface area contributed by atoms with E-state index in [2.05, 4.69) is 5.10 Å². The summed E-state index contributed by atoms with van der Waals surface area (Å²) < 4.78 is 11.0. The SMILES string of the molecule is O=C(CCn1nc(-c2cccs2)oc1=O)OCC(=O)c1ccc(Cl)cc1Cl. The molecule has 0 aliphatic heterocycles. The molecule has 0 aliphatic rings. The number of hydrogen-bond donors (Lipinski definition) is 0. The second kappa shape index (κ2) is 8.51. The van der Waals surface area contributed by atoms with Gasteiger partial charge in [0, 0.05) is 10.6 Å². The molecule has 0 saturated carbocycles. The zero-order valence-electron chi connectivity index (χ0n) is 13.7. The summed E-state index contributed by atoms with van der Waals surface area (Å²) in [5.41, 5.74) is 0.210. The fourth-order valence-electron chi connectivity index (χ4n) is 2.16. The Labute approximate surface area is 167 Å². The minimum absolute atomic E-state index is 0.0254. The number of esters is 1. The average molecular weight is 427 g/mol. The number of nitrogens with zero attached hydrogens (tertiary/aromatic N) is 2. The van der Waals surface area contributed by atoms with Crippen molar-refractivity contribution >= 4 is 46.3 Å². The Hall–Kier alpha value is -2.42. The molecule has 0 radical (unpaired) electrons. The van der Waals surface area contributed by atoms with Gasteiger partial charge in [0.15, 0.2) is 6.61 Å². The summed E-state index contributed by atoms with van der Waals surface area (Å²) >= 11 is 13.1. The highest BCUT2D eigenvalue weighted by atomic mass is 35.5. The summed E-state index contributed by atoms with van der Waals surface area (Å²) in [6, 6.07) is 7.98. The number of benzene rings is 1. The first kappa shape index (κ1) is 19.3. The van der Waals surface area contributed by atoms with Gasteiger partial charge in [0.25, 0.3) is 5.89 Å². The second-order valence-electron chi connectivity index (χ2n) is 5.33. The summed E-state index contributed by atoms with van der Waals surface area (Å²) in [4.78, 5) is 36.4. The molecule has 0 saturated heterocycles. The number of carbonyl (C=O) groups excluding carboxylic acids is 2. The van der Waals surface area contributed by atoms with Gasteiger partial charge in [-0.05, 0) is 29.6 Å². The highest BCUT2D eigenvalue weighted by Crippen LogP contribution is 2.22. The molecule has 2 aromatic heterocycles. The minimum Gasteiger partial charge on any atom is -0.457 e. The second-order valence-corrected chi connectivity index (χ2v) is 7.12. The largest absolute Gasteiger partial charge is 0.457 e. The molecule has 0 amide bonds. The Morgan fingerprint density at radius 3 is 2.78 bits per heavy atom. The Balaban J connectivity index is 1.53. The van der Waals surface area contributed by atoms with Crippen LogP contribution in [0.5, 0.6) is 0 Å². The van der Waals surface area contributed by atoms with Gasteiger partial charge in [0.1, 0.15) is 0 Å². The van der Waals surface area contributed by atoms with E-state index in [0.29, 0.717) is 9.90 Å². The first-order valence-corrected chi connectivity index (χ1v) is 9.33. The van der Waals surface area contributed by atoms with Crippen LogP contribution >= 0.6 is 34.5 Å². The monoisotopic (exact) mass is 426 g/mol. The van der Waals surface area contributed by atoms with E-state index in [9.17, 15) is 14.4 Å². The molecule has 0 atom stereocenters. The summed E-state index contributed by atoms with van der Waals surface area (Å²) in [7, 11) is 0. The molecule has 7 nitrogen and oxygen atoms in total. The lowest BCUT2D eigenvalue weighted by atomic mass is 10.1. The quantitative estimate of drug-likeness (QED) is 0.422. The Morgan fingerprint density at radius 1 is 1.26 bits per heavy atom. The maximum Gasteiger partial charge on any atom is 0.437 e. The predicted molar refractivity (Wildman–Crippen MR) is 100 cm³/mol. The topological polar surface area (TPSA) is 91.4 Å². The third kappa shape index (κ3) is 4.85. The van der Waals surface area contributed by atoms with Crippen molar-refractivity contribution in [2.45, 2.75) is 13.0 Å². The van der Waals surface area contributed by atoms with Crippen molar-refractivity contribution in [2.24, 2.45) is 0 Å². The summed E-state index contributed by atoms with van der Waals surface area (Å²) in [6.45, 7) is -0.489. The molecular weight excluding hydrogens is 415 g/mol. The van der Waals surface area contributed by atoms with Crippen molar-refractivity contribution in [3.8, 4) is 10.8 Å². The lowest BCUT2D eigenvalue weighted by Gasteiger charge is -2.06. The summed E-state index contributed by atoms with van der Waals surface area (Å²) in [5.74, 6) is -1.59. The molecule has 0 aliphatic carbocycles. The average Bonchev–Trinajstić information content (AvgIpc) is 3.27. The van der Waals surface area contributed by atoms with Gasteiger partial charge in [-0.2, -0.15) is 4.68 Å². The number of thiophene rings is 1. The fraction of sp³-hybridized carbons (Fsp3) is 0.176. The third-order valence-corrected chi connectivity index (χ3v) is 4.87. The first-order chi connectivity index (χ1) is 12.9. The van der Waals surface area contributed by atoms with E-state index < -0.39 is 24.1 Å². The lowest BCUT2D eigenvalue weighted by Crippen LogP contribution is -2.20. The van der Waals surface area contributed by atoms with E-state index in [4.69, 9.17) is 32.4 Å². The number of halogens is 2. The van der Waals surface area contributed by atoms with Crippen LogP contribution in [0.1, 0.15) is 16.8 Å². The van der Waals surface area contributed by atoms with Crippen LogP contribution in [0.2, 0.25) is 10.0 Å². The van der Waals surface area contributed by atoms with Crippen molar-refractivity contribution in [3.05, 3.63) is 61.9 Å². The highest BCUT2D eigenvalue weighted by Gasteiger charge is 2.15. The van der Waals surface area contributed by atoms with Crippen LogP contribution in [0.15, 0.2) is 44.9 Å². The van der Waals surface area contributed by atoms with Gasteiger partial charge in [-0.15, -0.1) is 16.4 Å². The van der Waals surface area contributed by atoms with Crippen LogP contribution in [0, 0.1) is 0 Å². The van der Waals surface area contributed by atoms with E-state index in [-0.39, 0.29) is 29.4 Å². The number of aryl methyl sites for hydroxylation is 1. The van der Waals surface area contributed by atoms with Gasteiger partial charge in [0.05, 0.1) is 22.9 Å². The van der Waals surface area contributed by atoms with Gasteiger partial charge < -0.3 is 9.15 Å². The van der Waals surface area contributed by atoms with Crippen LogP contribution in [0.25, 0.3) is 10.8 Å². The van der Waals surface area contributed by atoms with Crippen molar-refractivity contribution in [2.75, 3.05) is 6.61 Å². The van der Waals surface area contributed by atoms with Crippen LogP contribution in [-0.4, -0.2) is 28.1 Å². The Bertz CT molecular complexity index is 1030. The Morgan fingerprint density at radius 2 is 2.07 bits per heavy atom. The minimum atomic E-state index is -0.671. The molecule has 3 rings (SSSR count). The molecular formula is C17H12Cl2N2O5S. The number of rotatable bonds is 7. The molecule has 0 spiro atoms. The van der Waals surface area contributed by atoms with E-state index >= 15 is 0 Å². The number of ether oxygens (including phenoxy) is 1.